The SMILES string of the molecule is COc1nsc(S(=O)(=O)Cc2ccc(Oc3ccccc3)cc2)n1. The van der Waals surface area contributed by atoms with Crippen LogP contribution >= 0.6 is 11.5 Å². The minimum atomic E-state index is -3.55. The van der Waals surface area contributed by atoms with Crippen LogP contribution in [-0.2, 0) is 15.6 Å². The van der Waals surface area contributed by atoms with Crippen LogP contribution in [0, 0.1) is 0 Å². The highest BCUT2D eigenvalue weighted by atomic mass is 32.2. The van der Waals surface area contributed by atoms with Crippen LogP contribution in [0.2, 0.25) is 0 Å². The monoisotopic (exact) mass is 362 g/mol. The van der Waals surface area contributed by atoms with Crippen molar-refractivity contribution in [2.24, 2.45) is 0 Å². The van der Waals surface area contributed by atoms with Gasteiger partial charge in [0.05, 0.1) is 12.9 Å². The number of aromatic nitrogens is 2. The maximum absolute atomic E-state index is 12.3. The Kier molecular flexibility index (Phi) is 4.77. The van der Waals surface area contributed by atoms with Crippen molar-refractivity contribution in [2.75, 3.05) is 7.11 Å². The standard InChI is InChI=1S/C16H14N2O4S2/c1-21-15-17-16(23-18-15)24(19,20)11-12-7-9-14(10-8-12)22-13-5-3-2-4-6-13/h2-10H,11H2,1H3. The predicted molar refractivity (Wildman–Crippen MR) is 90.3 cm³/mol. The van der Waals surface area contributed by atoms with Crippen molar-refractivity contribution < 1.29 is 17.9 Å². The zero-order chi connectivity index (χ0) is 17.0. The first-order chi connectivity index (χ1) is 11.6. The van der Waals surface area contributed by atoms with Gasteiger partial charge in [-0.1, -0.05) is 30.3 Å². The molecule has 3 aromatic rings. The number of sulfone groups is 1. The highest BCUT2D eigenvalue weighted by Crippen LogP contribution is 2.24. The highest BCUT2D eigenvalue weighted by Gasteiger charge is 2.21. The maximum Gasteiger partial charge on any atom is 0.329 e. The van der Waals surface area contributed by atoms with Crippen molar-refractivity contribution in [1.82, 2.24) is 9.36 Å². The van der Waals surface area contributed by atoms with E-state index in [4.69, 9.17) is 9.47 Å². The van der Waals surface area contributed by atoms with Crippen LogP contribution in [0.5, 0.6) is 17.5 Å². The summed E-state index contributed by atoms with van der Waals surface area (Å²) < 4.78 is 38.9. The molecule has 0 radical (unpaired) electrons. The number of hydrogen-bond donors (Lipinski definition) is 0. The summed E-state index contributed by atoms with van der Waals surface area (Å²) in [7, 11) is -2.16. The van der Waals surface area contributed by atoms with Crippen LogP contribution in [0.3, 0.4) is 0 Å². The van der Waals surface area contributed by atoms with E-state index in [2.05, 4.69) is 9.36 Å². The Morgan fingerprint density at radius 2 is 1.67 bits per heavy atom. The molecule has 3 rings (SSSR count). The molecule has 0 atom stereocenters. The summed E-state index contributed by atoms with van der Waals surface area (Å²) in [5.41, 5.74) is 0.643. The lowest BCUT2D eigenvalue weighted by molar-refractivity contribution is 0.383. The normalized spacial score (nSPS) is 11.2. The molecule has 2 aromatic carbocycles. The van der Waals surface area contributed by atoms with Crippen LogP contribution in [0.25, 0.3) is 0 Å². The van der Waals surface area contributed by atoms with E-state index in [1.165, 1.54) is 7.11 Å². The first kappa shape index (κ1) is 16.4. The van der Waals surface area contributed by atoms with E-state index in [-0.39, 0.29) is 16.1 Å². The smallest absolute Gasteiger partial charge is 0.329 e. The van der Waals surface area contributed by atoms with Gasteiger partial charge in [0, 0.05) is 11.5 Å². The van der Waals surface area contributed by atoms with Crippen molar-refractivity contribution >= 4 is 21.4 Å². The quantitative estimate of drug-likeness (QED) is 0.669. The lowest BCUT2D eigenvalue weighted by Gasteiger charge is -2.06. The average molecular weight is 362 g/mol. The third-order valence-corrected chi connectivity index (χ3v) is 5.91. The summed E-state index contributed by atoms with van der Waals surface area (Å²) >= 11 is 0.806. The number of nitrogens with zero attached hydrogens (tertiary/aromatic N) is 2. The van der Waals surface area contributed by atoms with E-state index in [0.717, 1.165) is 17.3 Å². The predicted octanol–water partition coefficient (Wildman–Crippen LogP) is 3.31. The van der Waals surface area contributed by atoms with Crippen LogP contribution in [0.4, 0.5) is 0 Å². The van der Waals surface area contributed by atoms with Gasteiger partial charge in [-0.25, -0.2) is 8.42 Å². The average Bonchev–Trinajstić information content (AvgIpc) is 3.08. The van der Waals surface area contributed by atoms with E-state index in [1.807, 2.05) is 30.3 Å². The molecule has 0 aliphatic rings. The van der Waals surface area contributed by atoms with Crippen molar-refractivity contribution in [3.05, 3.63) is 60.2 Å². The minimum Gasteiger partial charge on any atom is -0.466 e. The molecular weight excluding hydrogens is 348 g/mol. The van der Waals surface area contributed by atoms with Gasteiger partial charge in [-0.3, -0.25) is 0 Å². The van der Waals surface area contributed by atoms with Crippen LogP contribution < -0.4 is 9.47 Å². The lowest BCUT2D eigenvalue weighted by atomic mass is 10.2. The van der Waals surface area contributed by atoms with Crippen LogP contribution in [-0.4, -0.2) is 24.9 Å². The second-order valence-corrected chi connectivity index (χ2v) is 7.78. The van der Waals surface area contributed by atoms with E-state index >= 15 is 0 Å². The third kappa shape index (κ3) is 3.90. The molecule has 0 saturated carbocycles. The molecule has 0 saturated heterocycles. The fraction of sp³-hybridized carbons (Fsp3) is 0.125. The molecule has 1 aromatic heterocycles. The van der Waals surface area contributed by atoms with Gasteiger partial charge >= 0.3 is 6.01 Å². The maximum atomic E-state index is 12.3. The fourth-order valence-corrected chi connectivity index (χ4v) is 4.07. The Morgan fingerprint density at radius 1 is 1.00 bits per heavy atom. The second kappa shape index (κ2) is 6.98. The van der Waals surface area contributed by atoms with Gasteiger partial charge in [0.25, 0.3) is 0 Å². The number of ether oxygens (including phenoxy) is 2. The van der Waals surface area contributed by atoms with Gasteiger partial charge in [-0.15, -0.1) is 4.37 Å². The Balaban J connectivity index is 1.71. The first-order valence-electron chi connectivity index (χ1n) is 6.99. The summed E-state index contributed by atoms with van der Waals surface area (Å²) in [5, 5.41) is 0. The number of methoxy groups -OCH3 is 1. The molecule has 0 spiro atoms. The third-order valence-electron chi connectivity index (χ3n) is 3.10. The van der Waals surface area contributed by atoms with Gasteiger partial charge in [-0.05, 0) is 29.8 Å². The molecular formula is C16H14N2O4S2. The van der Waals surface area contributed by atoms with Gasteiger partial charge < -0.3 is 9.47 Å². The second-order valence-electron chi connectivity index (χ2n) is 4.87. The van der Waals surface area contributed by atoms with E-state index in [1.54, 1.807) is 24.3 Å². The van der Waals surface area contributed by atoms with Crippen LogP contribution in [0.15, 0.2) is 58.9 Å². The molecule has 1 heterocycles. The molecule has 0 unspecified atom stereocenters. The molecule has 8 heteroatoms. The first-order valence-corrected chi connectivity index (χ1v) is 9.42. The number of benzene rings is 2. The van der Waals surface area contributed by atoms with Crippen molar-refractivity contribution in [3.8, 4) is 17.5 Å². The minimum absolute atomic E-state index is 0.0519. The summed E-state index contributed by atoms with van der Waals surface area (Å²) in [6, 6.07) is 16.3. The van der Waals surface area contributed by atoms with Gasteiger partial charge in [0.15, 0.2) is 0 Å². The largest absolute Gasteiger partial charge is 0.466 e. The van der Waals surface area contributed by atoms with Crippen molar-refractivity contribution in [2.45, 2.75) is 10.1 Å². The molecule has 0 N–H and O–H groups in total. The van der Waals surface area contributed by atoms with Gasteiger partial charge in [0.2, 0.25) is 14.2 Å². The fourth-order valence-electron chi connectivity index (χ4n) is 1.97. The summed E-state index contributed by atoms with van der Waals surface area (Å²) in [6.07, 6.45) is 0. The van der Waals surface area contributed by atoms with Crippen molar-refractivity contribution in [1.29, 1.82) is 0 Å². The molecule has 24 heavy (non-hydrogen) atoms. The molecule has 124 valence electrons. The van der Waals surface area contributed by atoms with Crippen molar-refractivity contribution in [3.63, 3.8) is 0 Å². The highest BCUT2D eigenvalue weighted by molar-refractivity contribution is 7.92. The Morgan fingerprint density at radius 3 is 2.29 bits per heavy atom. The van der Waals surface area contributed by atoms with E-state index in [0.29, 0.717) is 11.3 Å². The summed E-state index contributed by atoms with van der Waals surface area (Å²) in [6.45, 7) is 0. The molecule has 0 bridgehead atoms. The topological polar surface area (TPSA) is 78.4 Å². The summed E-state index contributed by atoms with van der Waals surface area (Å²) in [4.78, 5) is 3.84. The lowest BCUT2D eigenvalue weighted by Crippen LogP contribution is -2.04. The zero-order valence-corrected chi connectivity index (χ0v) is 14.4. The zero-order valence-electron chi connectivity index (χ0n) is 12.7. The number of hydrogen-bond acceptors (Lipinski definition) is 7. The Labute approximate surface area is 143 Å². The van der Waals surface area contributed by atoms with E-state index < -0.39 is 9.84 Å². The molecule has 0 aliphatic carbocycles. The van der Waals surface area contributed by atoms with E-state index in [9.17, 15) is 8.42 Å². The number of rotatable bonds is 6. The molecule has 0 aliphatic heterocycles. The number of para-hydroxylation sites is 1. The molecule has 0 fully saturated rings. The summed E-state index contributed by atoms with van der Waals surface area (Å²) in [5.74, 6) is 1.20. The Hall–Kier alpha value is -2.45. The molecule has 6 nitrogen and oxygen atoms in total. The Bertz CT molecular complexity index is 907. The molecule has 0 amide bonds. The van der Waals surface area contributed by atoms with Gasteiger partial charge in [0.1, 0.15) is 11.5 Å². The van der Waals surface area contributed by atoms with Crippen LogP contribution in [0.1, 0.15) is 5.56 Å². The van der Waals surface area contributed by atoms with Gasteiger partial charge in [-0.2, -0.15) is 4.98 Å².